The summed E-state index contributed by atoms with van der Waals surface area (Å²) < 4.78 is 10.3. The molecule has 0 spiro atoms. The quantitative estimate of drug-likeness (QED) is 0.851. The predicted molar refractivity (Wildman–Crippen MR) is 88.6 cm³/mol. The lowest BCUT2D eigenvalue weighted by atomic mass is 10.2. The number of urea groups is 1. The Morgan fingerprint density at radius 2 is 1.68 bits per heavy atom. The highest BCUT2D eigenvalue weighted by Crippen LogP contribution is 2.31. The topological polar surface area (TPSA) is 59.6 Å². The second kappa shape index (κ2) is 7.24. The first-order valence-electron chi connectivity index (χ1n) is 6.29. The lowest BCUT2D eigenvalue weighted by molar-refractivity contribution is 0.262. The fourth-order valence-electron chi connectivity index (χ4n) is 1.79. The molecule has 0 aliphatic carbocycles. The number of anilines is 2. The Balaban J connectivity index is 2.16. The van der Waals surface area contributed by atoms with E-state index in [1.165, 1.54) is 7.11 Å². The first kappa shape index (κ1) is 16.3. The van der Waals surface area contributed by atoms with Gasteiger partial charge >= 0.3 is 6.03 Å². The number of rotatable bonds is 4. The molecule has 2 rings (SSSR count). The molecule has 5 nitrogen and oxygen atoms in total. The summed E-state index contributed by atoms with van der Waals surface area (Å²) in [6.07, 6.45) is 0. The zero-order chi connectivity index (χ0) is 16.1. The molecule has 2 aromatic rings. The van der Waals surface area contributed by atoms with E-state index in [0.29, 0.717) is 32.9 Å². The van der Waals surface area contributed by atoms with E-state index in [2.05, 4.69) is 10.6 Å². The van der Waals surface area contributed by atoms with Crippen LogP contribution in [0, 0.1) is 0 Å². The first-order chi connectivity index (χ1) is 10.5. The van der Waals surface area contributed by atoms with Gasteiger partial charge in [-0.2, -0.15) is 0 Å². The molecule has 0 saturated heterocycles. The van der Waals surface area contributed by atoms with Gasteiger partial charge in [0.25, 0.3) is 0 Å². The minimum absolute atomic E-state index is 0.343. The van der Waals surface area contributed by atoms with E-state index in [1.54, 1.807) is 43.5 Å². The summed E-state index contributed by atoms with van der Waals surface area (Å²) in [4.78, 5) is 12.1. The molecule has 0 aliphatic heterocycles. The number of carbonyl (C=O) groups is 1. The smallest absolute Gasteiger partial charge is 0.323 e. The summed E-state index contributed by atoms with van der Waals surface area (Å²) in [6.45, 7) is 0. The standard InChI is InChI=1S/C15H14Cl2N2O3/c1-21-9-6-7-12(13(8-9)22-2)18-15(20)19-14-10(16)4-3-5-11(14)17/h3-8H,1-2H3,(H2,18,19,20). The number of methoxy groups -OCH3 is 2. The van der Waals surface area contributed by atoms with Crippen molar-refractivity contribution in [2.75, 3.05) is 24.9 Å². The summed E-state index contributed by atoms with van der Waals surface area (Å²) in [5.74, 6) is 1.09. The number of benzene rings is 2. The number of nitrogens with one attached hydrogen (secondary N) is 2. The molecule has 0 radical (unpaired) electrons. The van der Waals surface area contributed by atoms with Gasteiger partial charge in [0.2, 0.25) is 0 Å². The molecule has 0 unspecified atom stereocenters. The Morgan fingerprint density at radius 3 is 2.27 bits per heavy atom. The molecule has 116 valence electrons. The van der Waals surface area contributed by atoms with Crippen LogP contribution < -0.4 is 20.1 Å². The fourth-order valence-corrected chi connectivity index (χ4v) is 2.28. The van der Waals surface area contributed by atoms with Crippen LogP contribution in [0.15, 0.2) is 36.4 Å². The average molecular weight is 341 g/mol. The number of hydrogen-bond acceptors (Lipinski definition) is 3. The van der Waals surface area contributed by atoms with Gasteiger partial charge in [-0.15, -0.1) is 0 Å². The Kier molecular flexibility index (Phi) is 5.35. The maximum absolute atomic E-state index is 12.1. The lowest BCUT2D eigenvalue weighted by Gasteiger charge is -2.13. The number of ether oxygens (including phenoxy) is 2. The lowest BCUT2D eigenvalue weighted by Crippen LogP contribution is -2.20. The van der Waals surface area contributed by atoms with Gasteiger partial charge in [0.1, 0.15) is 11.5 Å². The van der Waals surface area contributed by atoms with E-state index in [1.807, 2.05) is 0 Å². The van der Waals surface area contributed by atoms with Crippen molar-refractivity contribution < 1.29 is 14.3 Å². The summed E-state index contributed by atoms with van der Waals surface area (Å²) >= 11 is 12.0. The summed E-state index contributed by atoms with van der Waals surface area (Å²) in [5, 5.41) is 5.98. The van der Waals surface area contributed by atoms with Gasteiger partial charge in [0, 0.05) is 6.07 Å². The molecule has 0 atom stereocenters. The molecule has 0 aromatic heterocycles. The van der Waals surface area contributed by atoms with Crippen molar-refractivity contribution in [1.82, 2.24) is 0 Å². The molecule has 0 heterocycles. The van der Waals surface area contributed by atoms with Gasteiger partial charge in [-0.05, 0) is 24.3 Å². The Labute approximate surface area is 138 Å². The molecule has 2 aromatic carbocycles. The third-order valence-electron chi connectivity index (χ3n) is 2.86. The Bertz CT molecular complexity index is 672. The number of carbonyl (C=O) groups excluding carboxylic acids is 1. The van der Waals surface area contributed by atoms with Crippen LogP contribution >= 0.6 is 23.2 Å². The van der Waals surface area contributed by atoms with Gasteiger partial charge in [-0.25, -0.2) is 4.79 Å². The number of para-hydroxylation sites is 1. The van der Waals surface area contributed by atoms with E-state index in [0.717, 1.165) is 0 Å². The maximum atomic E-state index is 12.1. The zero-order valence-corrected chi connectivity index (χ0v) is 13.5. The zero-order valence-electron chi connectivity index (χ0n) is 11.9. The Morgan fingerprint density at radius 1 is 1.00 bits per heavy atom. The molecule has 2 amide bonds. The van der Waals surface area contributed by atoms with Crippen LogP contribution in [0.4, 0.5) is 16.2 Å². The maximum Gasteiger partial charge on any atom is 0.323 e. The molecule has 0 bridgehead atoms. The molecule has 7 heteroatoms. The van der Waals surface area contributed by atoms with Crippen LogP contribution in [0.1, 0.15) is 0 Å². The predicted octanol–water partition coefficient (Wildman–Crippen LogP) is 4.65. The highest BCUT2D eigenvalue weighted by Gasteiger charge is 2.12. The summed E-state index contributed by atoms with van der Waals surface area (Å²) in [6, 6.07) is 9.52. The van der Waals surface area contributed by atoms with Gasteiger partial charge in [-0.3, -0.25) is 0 Å². The number of halogens is 2. The van der Waals surface area contributed by atoms with Gasteiger partial charge < -0.3 is 20.1 Å². The fraction of sp³-hybridized carbons (Fsp3) is 0.133. The molecule has 22 heavy (non-hydrogen) atoms. The minimum Gasteiger partial charge on any atom is -0.497 e. The van der Waals surface area contributed by atoms with Crippen molar-refractivity contribution in [2.24, 2.45) is 0 Å². The van der Waals surface area contributed by atoms with Crippen molar-refractivity contribution in [2.45, 2.75) is 0 Å². The van der Waals surface area contributed by atoms with Crippen LogP contribution in [0.5, 0.6) is 11.5 Å². The summed E-state index contributed by atoms with van der Waals surface area (Å²) in [7, 11) is 3.05. The number of hydrogen-bond donors (Lipinski definition) is 2. The highest BCUT2D eigenvalue weighted by atomic mass is 35.5. The monoisotopic (exact) mass is 340 g/mol. The highest BCUT2D eigenvalue weighted by molar-refractivity contribution is 6.39. The third kappa shape index (κ3) is 3.75. The minimum atomic E-state index is -0.488. The third-order valence-corrected chi connectivity index (χ3v) is 3.49. The van der Waals surface area contributed by atoms with E-state index < -0.39 is 6.03 Å². The Hall–Kier alpha value is -2.11. The second-order valence-electron chi connectivity index (χ2n) is 4.24. The van der Waals surface area contributed by atoms with Gasteiger partial charge in [0.15, 0.2) is 0 Å². The van der Waals surface area contributed by atoms with E-state index >= 15 is 0 Å². The van der Waals surface area contributed by atoms with Crippen molar-refractivity contribution in [1.29, 1.82) is 0 Å². The van der Waals surface area contributed by atoms with Crippen LogP contribution in [-0.2, 0) is 0 Å². The van der Waals surface area contributed by atoms with E-state index in [9.17, 15) is 4.79 Å². The molecule has 0 aliphatic rings. The largest absolute Gasteiger partial charge is 0.497 e. The number of amides is 2. The second-order valence-corrected chi connectivity index (χ2v) is 5.06. The van der Waals surface area contributed by atoms with E-state index in [4.69, 9.17) is 32.7 Å². The first-order valence-corrected chi connectivity index (χ1v) is 7.04. The van der Waals surface area contributed by atoms with Crippen molar-refractivity contribution in [3.8, 4) is 11.5 Å². The van der Waals surface area contributed by atoms with Crippen LogP contribution in [0.2, 0.25) is 10.0 Å². The molecule has 0 saturated carbocycles. The average Bonchev–Trinajstić information content (AvgIpc) is 2.51. The van der Waals surface area contributed by atoms with E-state index in [-0.39, 0.29) is 0 Å². The van der Waals surface area contributed by atoms with Crippen molar-refractivity contribution in [3.63, 3.8) is 0 Å². The van der Waals surface area contributed by atoms with Crippen molar-refractivity contribution in [3.05, 3.63) is 46.4 Å². The summed E-state index contributed by atoms with van der Waals surface area (Å²) in [5.41, 5.74) is 0.833. The van der Waals surface area contributed by atoms with Crippen LogP contribution in [0.3, 0.4) is 0 Å². The molecule has 0 fully saturated rings. The van der Waals surface area contributed by atoms with Crippen molar-refractivity contribution >= 4 is 40.6 Å². The molecular weight excluding hydrogens is 327 g/mol. The van der Waals surface area contributed by atoms with Crippen LogP contribution in [-0.4, -0.2) is 20.3 Å². The van der Waals surface area contributed by atoms with Crippen LogP contribution in [0.25, 0.3) is 0 Å². The molecular formula is C15H14Cl2N2O3. The SMILES string of the molecule is COc1ccc(NC(=O)Nc2c(Cl)cccc2Cl)c(OC)c1. The van der Waals surface area contributed by atoms with Gasteiger partial charge in [0.05, 0.1) is 35.6 Å². The normalized spacial score (nSPS) is 10.0. The van der Waals surface area contributed by atoms with Gasteiger partial charge in [-0.1, -0.05) is 29.3 Å². The molecule has 2 N–H and O–H groups in total.